The van der Waals surface area contributed by atoms with Crippen molar-refractivity contribution in [2.24, 2.45) is 11.8 Å². The fourth-order valence-corrected chi connectivity index (χ4v) is 9.64. The van der Waals surface area contributed by atoms with Gasteiger partial charge in [0.2, 0.25) is 10.0 Å². The number of esters is 1. The summed E-state index contributed by atoms with van der Waals surface area (Å²) < 4.78 is 80.9. The Morgan fingerprint density at radius 2 is 1.44 bits per heavy atom. The van der Waals surface area contributed by atoms with Crippen molar-refractivity contribution >= 4 is 29.7 Å². The lowest BCUT2D eigenvalue weighted by Crippen LogP contribution is -2.51. The van der Waals surface area contributed by atoms with Crippen LogP contribution in [0.4, 0.5) is 4.79 Å². The maximum atomic E-state index is 14.1. The summed E-state index contributed by atoms with van der Waals surface area (Å²) in [5, 5.41) is 14.6. The second-order valence-corrected chi connectivity index (χ2v) is 19.5. The maximum absolute atomic E-state index is 14.1. The molecule has 2 aliphatic rings. The molecule has 4 aromatic rings. The van der Waals surface area contributed by atoms with Gasteiger partial charge in [0, 0.05) is 13.1 Å². The van der Waals surface area contributed by atoms with Crippen molar-refractivity contribution in [2.45, 2.75) is 82.4 Å². The fraction of sp³-hybridized carbons (Fsp3) is 0.422. The molecule has 6 rings (SSSR count). The van der Waals surface area contributed by atoms with Crippen LogP contribution in [-0.4, -0.2) is 98.1 Å². The molecule has 63 heavy (non-hydrogen) atoms. The summed E-state index contributed by atoms with van der Waals surface area (Å²) in [5.41, 5.74) is 2.30. The van der Waals surface area contributed by atoms with E-state index in [9.17, 15) is 32.6 Å². The number of amides is 1. The Balaban J connectivity index is 1.10. The molecule has 0 radical (unpaired) electrons. The number of carbonyl (C=O) groups is 2. The Morgan fingerprint density at radius 1 is 0.825 bits per heavy atom. The van der Waals surface area contributed by atoms with Gasteiger partial charge in [-0.25, -0.2) is 18.0 Å². The zero-order chi connectivity index (χ0) is 45.0. The second kappa shape index (κ2) is 22.2. The highest BCUT2D eigenvalue weighted by Crippen LogP contribution is 2.43. The number of sulfonamides is 1. The smallest absolute Gasteiger partial charge is 0.407 e. The van der Waals surface area contributed by atoms with E-state index in [4.69, 9.17) is 32.9 Å². The monoisotopic (exact) mass is 910 g/mol. The minimum atomic E-state index is -4.42. The van der Waals surface area contributed by atoms with Gasteiger partial charge in [0.15, 0.2) is 18.7 Å². The van der Waals surface area contributed by atoms with E-state index in [0.29, 0.717) is 30.9 Å². The SMILES string of the molecule is CC(C)CN(C[C@@H](O)[C@H](Cc1ccc(OCP(=O)(O)O[C@H](C)C(=O)OCc2ccccc2)cc1)NC(=O)O[C@H]1CO[C@H]2OCC[C@H]21)S(=O)(=O)c1ccc(OCc2ccccc2)cc1. The number of benzene rings is 4. The van der Waals surface area contributed by atoms with E-state index in [-0.39, 0.29) is 55.2 Å². The molecule has 0 aromatic heterocycles. The first-order valence-electron chi connectivity index (χ1n) is 20.7. The van der Waals surface area contributed by atoms with Gasteiger partial charge in [0.1, 0.15) is 30.8 Å². The minimum Gasteiger partial charge on any atom is -0.489 e. The van der Waals surface area contributed by atoms with Gasteiger partial charge in [-0.3, -0.25) is 9.09 Å². The third-order valence-electron chi connectivity index (χ3n) is 10.3. The number of hydrogen-bond acceptors (Lipinski definition) is 13. The van der Waals surface area contributed by atoms with E-state index in [1.807, 2.05) is 50.2 Å². The Kier molecular flexibility index (Phi) is 16.8. The van der Waals surface area contributed by atoms with Gasteiger partial charge in [0.05, 0.1) is 36.2 Å². The molecule has 1 amide bonds. The van der Waals surface area contributed by atoms with Crippen LogP contribution in [0.5, 0.6) is 11.5 Å². The van der Waals surface area contributed by atoms with Crippen LogP contribution in [0.2, 0.25) is 0 Å². The van der Waals surface area contributed by atoms with Crippen LogP contribution in [0.1, 0.15) is 43.9 Å². The molecule has 2 aliphatic heterocycles. The number of hydrogen-bond donors (Lipinski definition) is 3. The fourth-order valence-electron chi connectivity index (χ4n) is 7.06. The van der Waals surface area contributed by atoms with Gasteiger partial charge >= 0.3 is 19.7 Å². The van der Waals surface area contributed by atoms with Crippen LogP contribution in [0.15, 0.2) is 114 Å². The topological polar surface area (TPSA) is 206 Å². The summed E-state index contributed by atoms with van der Waals surface area (Å²) in [4.78, 5) is 36.3. The third kappa shape index (κ3) is 14.1. The number of aliphatic hydroxyl groups is 1. The van der Waals surface area contributed by atoms with E-state index < -0.39 is 66.7 Å². The molecule has 2 fully saturated rings. The molecule has 16 nitrogen and oxygen atoms in total. The van der Waals surface area contributed by atoms with Crippen LogP contribution < -0.4 is 14.8 Å². The van der Waals surface area contributed by atoms with E-state index >= 15 is 0 Å². The third-order valence-corrected chi connectivity index (χ3v) is 13.3. The van der Waals surface area contributed by atoms with Crippen molar-refractivity contribution in [2.75, 3.05) is 32.7 Å². The van der Waals surface area contributed by atoms with E-state index in [0.717, 1.165) is 11.1 Å². The van der Waals surface area contributed by atoms with Gasteiger partial charge in [-0.15, -0.1) is 0 Å². The molecule has 2 saturated heterocycles. The normalized spacial score (nSPS) is 19.7. The molecular formula is C45H55N2O14PS. The zero-order valence-corrected chi connectivity index (χ0v) is 37.1. The molecule has 7 atom stereocenters. The van der Waals surface area contributed by atoms with E-state index in [2.05, 4.69) is 5.32 Å². The zero-order valence-electron chi connectivity index (χ0n) is 35.4. The highest BCUT2D eigenvalue weighted by Gasteiger charge is 2.44. The molecule has 2 heterocycles. The summed E-state index contributed by atoms with van der Waals surface area (Å²) in [6.45, 7) is 5.64. The van der Waals surface area contributed by atoms with Crippen molar-refractivity contribution in [3.05, 3.63) is 126 Å². The van der Waals surface area contributed by atoms with Crippen molar-refractivity contribution in [1.29, 1.82) is 0 Å². The van der Waals surface area contributed by atoms with Crippen LogP contribution in [0, 0.1) is 11.8 Å². The molecule has 0 bridgehead atoms. The van der Waals surface area contributed by atoms with Crippen molar-refractivity contribution in [3.8, 4) is 11.5 Å². The molecule has 0 aliphatic carbocycles. The van der Waals surface area contributed by atoms with Crippen LogP contribution in [0.3, 0.4) is 0 Å². The molecule has 18 heteroatoms. The summed E-state index contributed by atoms with van der Waals surface area (Å²) in [5.74, 6) is -0.389. The maximum Gasteiger partial charge on any atom is 0.407 e. The van der Waals surface area contributed by atoms with Gasteiger partial charge in [-0.1, -0.05) is 86.6 Å². The minimum absolute atomic E-state index is 0.00626. The Labute approximate surface area is 367 Å². The summed E-state index contributed by atoms with van der Waals surface area (Å²) in [6, 6.07) is 29.9. The predicted octanol–water partition coefficient (Wildman–Crippen LogP) is 6.04. The number of carbonyl (C=O) groups excluding carboxylic acids is 2. The molecule has 3 N–H and O–H groups in total. The first-order chi connectivity index (χ1) is 30.1. The Hall–Kier alpha value is -4.84. The lowest BCUT2D eigenvalue weighted by Gasteiger charge is -2.31. The summed E-state index contributed by atoms with van der Waals surface area (Å²) >= 11 is 0. The van der Waals surface area contributed by atoms with Gasteiger partial charge in [-0.2, -0.15) is 4.31 Å². The molecular weight excluding hydrogens is 856 g/mol. The highest BCUT2D eigenvalue weighted by molar-refractivity contribution is 7.89. The van der Waals surface area contributed by atoms with Crippen LogP contribution in [0.25, 0.3) is 0 Å². The van der Waals surface area contributed by atoms with Crippen LogP contribution in [-0.2, 0) is 62.5 Å². The summed E-state index contributed by atoms with van der Waals surface area (Å²) in [6.07, 6.45) is -4.69. The largest absolute Gasteiger partial charge is 0.489 e. The number of nitrogens with zero attached hydrogens (tertiary/aromatic N) is 1. The quantitative estimate of drug-likeness (QED) is 0.0608. The Bertz CT molecular complexity index is 2230. The number of rotatable bonds is 22. The number of fused-ring (bicyclic) bond motifs is 1. The van der Waals surface area contributed by atoms with Gasteiger partial charge in [-0.05, 0) is 78.8 Å². The molecule has 0 saturated carbocycles. The predicted molar refractivity (Wildman–Crippen MR) is 230 cm³/mol. The first-order valence-corrected chi connectivity index (χ1v) is 23.9. The van der Waals surface area contributed by atoms with Gasteiger partial charge < -0.3 is 43.7 Å². The van der Waals surface area contributed by atoms with Crippen molar-refractivity contribution in [3.63, 3.8) is 0 Å². The standard InChI is InChI=1S/C45H55N2O14PS/c1-31(2)25-47(63(53,54)38-20-18-36(19-21-38)56-27-34-10-6-4-7-11-34)26-41(48)40(46-45(50)60-42-29-58-44-39(42)22-23-55-44)24-33-14-16-37(17-15-33)59-30-62(51,52)61-32(3)43(49)57-28-35-12-8-5-9-13-35/h4-21,31-32,39-42,44,48H,22-30H2,1-3H3,(H,46,50)(H,51,52)/t32-,39+,40+,41-,42+,44-/m1/s1. The second-order valence-electron chi connectivity index (χ2n) is 15.8. The highest BCUT2D eigenvalue weighted by atomic mass is 32.2. The van der Waals surface area contributed by atoms with Crippen LogP contribution >= 0.6 is 7.60 Å². The Morgan fingerprint density at radius 3 is 2.10 bits per heavy atom. The van der Waals surface area contributed by atoms with E-state index in [1.165, 1.54) is 35.5 Å². The number of alkyl carbamates (subject to hydrolysis) is 1. The average Bonchev–Trinajstić information content (AvgIpc) is 3.90. The lowest BCUT2D eigenvalue weighted by atomic mass is 10.0. The summed E-state index contributed by atoms with van der Waals surface area (Å²) in [7, 11) is -8.56. The molecule has 0 spiro atoms. The van der Waals surface area contributed by atoms with E-state index in [1.54, 1.807) is 48.5 Å². The van der Waals surface area contributed by atoms with Gasteiger partial charge in [0.25, 0.3) is 0 Å². The molecule has 4 aromatic carbocycles. The van der Waals surface area contributed by atoms with Crippen molar-refractivity contribution < 1.29 is 65.5 Å². The number of nitrogens with one attached hydrogen (secondary N) is 1. The van der Waals surface area contributed by atoms with Crippen molar-refractivity contribution in [1.82, 2.24) is 9.62 Å². The number of aliphatic hydroxyl groups excluding tert-OH is 1. The average molecular weight is 911 g/mol. The lowest BCUT2D eigenvalue weighted by molar-refractivity contribution is -0.152. The molecule has 340 valence electrons. The first kappa shape index (κ1) is 47.6. The molecule has 1 unspecified atom stereocenters. The number of ether oxygens (including phenoxy) is 6.